The minimum Gasteiger partial charge on any atom is -0.497 e. The lowest BCUT2D eigenvalue weighted by Crippen LogP contribution is -2.06. The van der Waals surface area contributed by atoms with E-state index in [1.54, 1.807) is 30.3 Å². The van der Waals surface area contributed by atoms with Gasteiger partial charge in [-0.05, 0) is 24.3 Å². The highest BCUT2D eigenvalue weighted by atomic mass is 35.5. The number of hydrogen-bond acceptors (Lipinski definition) is 9. The zero-order valence-corrected chi connectivity index (χ0v) is 15.6. The van der Waals surface area contributed by atoms with Crippen molar-refractivity contribution < 1.29 is 14.4 Å². The molecule has 0 atom stereocenters. The Bertz CT molecular complexity index is 999. The lowest BCUT2D eigenvalue weighted by molar-refractivity contribution is -0.383. The maximum Gasteiger partial charge on any atom is 0.353 e. The molecule has 11 heteroatoms. The fourth-order valence-electron chi connectivity index (χ4n) is 2.34. The minimum atomic E-state index is -0.587. The summed E-state index contributed by atoms with van der Waals surface area (Å²) < 4.78 is 10.5. The number of ether oxygens (including phenoxy) is 2. The summed E-state index contributed by atoms with van der Waals surface area (Å²) in [6.07, 6.45) is 2.61. The van der Waals surface area contributed by atoms with Crippen LogP contribution in [0.5, 0.6) is 11.5 Å². The van der Waals surface area contributed by atoms with Crippen molar-refractivity contribution >= 4 is 40.4 Å². The molecule has 0 unspecified atom stereocenters. The van der Waals surface area contributed by atoms with Crippen molar-refractivity contribution in [1.82, 2.24) is 15.0 Å². The molecule has 0 aliphatic rings. The van der Waals surface area contributed by atoms with E-state index in [0.29, 0.717) is 28.0 Å². The van der Waals surface area contributed by atoms with Gasteiger partial charge in [-0.1, -0.05) is 11.6 Å². The highest BCUT2D eigenvalue weighted by Gasteiger charge is 2.24. The molecule has 3 rings (SSSR count). The molecular formula is C17H15ClN6O4. The first-order valence-corrected chi connectivity index (χ1v) is 8.26. The van der Waals surface area contributed by atoms with Gasteiger partial charge in [-0.2, -0.15) is 0 Å². The molecule has 1 aromatic carbocycles. The van der Waals surface area contributed by atoms with Gasteiger partial charge < -0.3 is 20.1 Å². The summed E-state index contributed by atoms with van der Waals surface area (Å²) in [6, 6.07) is 8.18. The summed E-state index contributed by atoms with van der Waals surface area (Å²) in [6.45, 7) is 0. The van der Waals surface area contributed by atoms with Crippen LogP contribution in [-0.4, -0.2) is 34.1 Å². The number of hydrogen-bond donors (Lipinski definition) is 2. The van der Waals surface area contributed by atoms with Gasteiger partial charge in [0.15, 0.2) is 0 Å². The maximum absolute atomic E-state index is 11.7. The molecule has 2 N–H and O–H groups in total. The van der Waals surface area contributed by atoms with Gasteiger partial charge in [0.1, 0.15) is 23.6 Å². The van der Waals surface area contributed by atoms with E-state index in [1.165, 1.54) is 26.7 Å². The van der Waals surface area contributed by atoms with Gasteiger partial charge in [0.2, 0.25) is 11.6 Å². The van der Waals surface area contributed by atoms with E-state index in [1.807, 2.05) is 0 Å². The van der Waals surface area contributed by atoms with E-state index in [0.717, 1.165) is 0 Å². The summed E-state index contributed by atoms with van der Waals surface area (Å²) in [4.78, 5) is 23.1. The number of pyridine rings is 1. The average Bonchev–Trinajstić information content (AvgIpc) is 2.70. The molecule has 0 fully saturated rings. The molecule has 144 valence electrons. The fourth-order valence-corrected chi connectivity index (χ4v) is 2.45. The van der Waals surface area contributed by atoms with E-state index in [4.69, 9.17) is 21.1 Å². The minimum absolute atomic E-state index is 0.0140. The van der Waals surface area contributed by atoms with Crippen molar-refractivity contribution in [2.24, 2.45) is 0 Å². The third-order valence-electron chi connectivity index (χ3n) is 3.64. The number of anilines is 4. The first kappa shape index (κ1) is 19.1. The summed E-state index contributed by atoms with van der Waals surface area (Å²) in [5.41, 5.74) is 0.123. The van der Waals surface area contributed by atoms with Crippen molar-refractivity contribution in [2.75, 3.05) is 24.9 Å². The normalized spacial score (nSPS) is 10.2. The fraction of sp³-hybridized carbons (Fsp3) is 0.118. The quantitative estimate of drug-likeness (QED) is 0.446. The topological polar surface area (TPSA) is 124 Å². The third-order valence-corrected chi connectivity index (χ3v) is 3.86. The first-order valence-electron chi connectivity index (χ1n) is 7.89. The Balaban J connectivity index is 1.98. The molecule has 2 aromatic heterocycles. The summed E-state index contributed by atoms with van der Waals surface area (Å²) in [7, 11) is 3.01. The number of aromatic nitrogens is 3. The number of nitrogens with zero attached hydrogens (tertiary/aromatic N) is 4. The Hall–Kier alpha value is -3.66. The first-order chi connectivity index (χ1) is 13.5. The van der Waals surface area contributed by atoms with Crippen LogP contribution in [0.1, 0.15) is 0 Å². The smallest absolute Gasteiger partial charge is 0.353 e. The molecule has 10 nitrogen and oxygen atoms in total. The Morgan fingerprint density at radius 2 is 1.79 bits per heavy atom. The van der Waals surface area contributed by atoms with Crippen LogP contribution in [-0.2, 0) is 0 Å². The predicted octanol–water partition coefficient (Wildman–Crippen LogP) is 3.94. The van der Waals surface area contributed by atoms with E-state index in [2.05, 4.69) is 25.6 Å². The number of rotatable bonds is 7. The van der Waals surface area contributed by atoms with E-state index < -0.39 is 4.92 Å². The van der Waals surface area contributed by atoms with Gasteiger partial charge in [-0.3, -0.25) is 10.1 Å². The molecule has 0 aliphatic heterocycles. The second-order valence-electron chi connectivity index (χ2n) is 5.35. The molecular weight excluding hydrogens is 388 g/mol. The van der Waals surface area contributed by atoms with Crippen molar-refractivity contribution in [1.29, 1.82) is 0 Å². The number of nitrogens with one attached hydrogen (secondary N) is 2. The van der Waals surface area contributed by atoms with Crippen molar-refractivity contribution in [3.8, 4) is 11.5 Å². The van der Waals surface area contributed by atoms with Gasteiger partial charge in [-0.15, -0.1) is 0 Å². The number of nitro groups is 1. The molecule has 2 heterocycles. The largest absolute Gasteiger partial charge is 0.497 e. The third kappa shape index (κ3) is 4.18. The van der Waals surface area contributed by atoms with Crippen molar-refractivity contribution in [3.05, 3.63) is 58.0 Å². The molecule has 28 heavy (non-hydrogen) atoms. The lowest BCUT2D eigenvalue weighted by Gasteiger charge is -2.13. The van der Waals surface area contributed by atoms with Crippen LogP contribution in [0.25, 0.3) is 0 Å². The molecule has 3 aromatic rings. The number of methoxy groups -OCH3 is 2. The van der Waals surface area contributed by atoms with E-state index in [9.17, 15) is 10.1 Å². The van der Waals surface area contributed by atoms with E-state index >= 15 is 0 Å². The monoisotopic (exact) mass is 402 g/mol. The number of benzene rings is 1. The molecule has 0 spiro atoms. The summed E-state index contributed by atoms with van der Waals surface area (Å²) in [5.74, 6) is 1.32. The highest BCUT2D eigenvalue weighted by Crippen LogP contribution is 2.36. The highest BCUT2D eigenvalue weighted by molar-refractivity contribution is 6.30. The molecule has 0 radical (unpaired) electrons. The van der Waals surface area contributed by atoms with Gasteiger partial charge >= 0.3 is 5.69 Å². The molecule has 0 saturated carbocycles. The van der Waals surface area contributed by atoms with Crippen LogP contribution >= 0.6 is 11.6 Å². The van der Waals surface area contributed by atoms with E-state index in [-0.39, 0.29) is 17.3 Å². The zero-order chi connectivity index (χ0) is 20.1. The van der Waals surface area contributed by atoms with Gasteiger partial charge in [0.05, 0.1) is 29.9 Å². The molecule has 0 amide bonds. The van der Waals surface area contributed by atoms with Gasteiger partial charge in [0.25, 0.3) is 0 Å². The average molecular weight is 403 g/mol. The van der Waals surface area contributed by atoms with Crippen LogP contribution < -0.4 is 20.1 Å². The van der Waals surface area contributed by atoms with Gasteiger partial charge in [0, 0.05) is 12.3 Å². The number of halogens is 1. The van der Waals surface area contributed by atoms with Gasteiger partial charge in [-0.25, -0.2) is 15.0 Å². The van der Waals surface area contributed by atoms with Crippen molar-refractivity contribution in [2.45, 2.75) is 0 Å². The molecule has 0 saturated heterocycles. The summed E-state index contributed by atoms with van der Waals surface area (Å²) in [5, 5.41) is 17.8. The van der Waals surface area contributed by atoms with Crippen LogP contribution in [0.4, 0.5) is 28.8 Å². The Labute approximate surface area is 164 Å². The van der Waals surface area contributed by atoms with Crippen LogP contribution in [0.3, 0.4) is 0 Å². The molecule has 0 bridgehead atoms. The summed E-state index contributed by atoms with van der Waals surface area (Å²) >= 11 is 5.81. The maximum atomic E-state index is 11.7. The Kier molecular flexibility index (Phi) is 5.70. The second kappa shape index (κ2) is 8.35. The SMILES string of the molecule is COc1ccc(Nc2ncnc(Nc3ccc(Cl)cn3)c2[N+](=O)[O-])c(OC)c1. The van der Waals surface area contributed by atoms with Crippen molar-refractivity contribution in [3.63, 3.8) is 0 Å². The Morgan fingerprint density at radius 1 is 1.04 bits per heavy atom. The molecule has 0 aliphatic carbocycles. The van der Waals surface area contributed by atoms with Crippen LogP contribution in [0.2, 0.25) is 5.02 Å². The van der Waals surface area contributed by atoms with Crippen LogP contribution in [0.15, 0.2) is 42.9 Å². The lowest BCUT2D eigenvalue weighted by atomic mass is 10.2. The second-order valence-corrected chi connectivity index (χ2v) is 5.79. The Morgan fingerprint density at radius 3 is 2.39 bits per heavy atom. The van der Waals surface area contributed by atoms with Crippen LogP contribution in [0, 0.1) is 10.1 Å². The standard InChI is InChI=1S/C17H15ClN6O4/c1-27-11-4-5-12(13(7-11)28-2)22-16-15(24(25)26)17(21-9-20-16)23-14-6-3-10(18)8-19-14/h3-9H,1-2H3,(H2,19,20,21,22,23). The zero-order valence-electron chi connectivity index (χ0n) is 14.8. The predicted molar refractivity (Wildman–Crippen MR) is 104 cm³/mol.